The number of hydrogen-bond acceptors (Lipinski definition) is 3. The van der Waals surface area contributed by atoms with Crippen molar-refractivity contribution in [3.8, 4) is 0 Å². The van der Waals surface area contributed by atoms with Crippen molar-refractivity contribution in [2.45, 2.75) is 71.1 Å². The molecule has 0 spiro atoms. The molecule has 3 heteroatoms. The highest BCUT2D eigenvalue weighted by atomic mass is 16.5. The highest BCUT2D eigenvalue weighted by molar-refractivity contribution is 4.84. The van der Waals surface area contributed by atoms with Crippen LogP contribution in [0, 0.1) is 0 Å². The Morgan fingerprint density at radius 3 is 2.56 bits per heavy atom. The Hall–Kier alpha value is -0.120. The number of ether oxygens (including phenoxy) is 1. The first-order valence-corrected chi connectivity index (χ1v) is 7.79. The maximum Gasteiger partial charge on any atom is 0.0702 e. The lowest BCUT2D eigenvalue weighted by Gasteiger charge is -2.37. The summed E-state index contributed by atoms with van der Waals surface area (Å²) in [4.78, 5) is 2.62. The Bertz CT molecular complexity index is 205. The monoisotopic (exact) mass is 256 g/mol. The maximum absolute atomic E-state index is 5.79. The van der Waals surface area contributed by atoms with Crippen LogP contribution in [0.2, 0.25) is 0 Å². The van der Waals surface area contributed by atoms with Gasteiger partial charge in [-0.25, -0.2) is 0 Å². The summed E-state index contributed by atoms with van der Waals surface area (Å²) in [6.45, 7) is 10.0. The SMILES string of the molecule is CCCC(NC)C(CC)N(CC)CC1CCCO1. The molecule has 0 bridgehead atoms. The molecule has 0 aromatic carbocycles. The number of nitrogens with zero attached hydrogens (tertiary/aromatic N) is 1. The molecule has 3 atom stereocenters. The minimum absolute atomic E-state index is 0.470. The zero-order valence-electron chi connectivity index (χ0n) is 12.7. The van der Waals surface area contributed by atoms with Gasteiger partial charge >= 0.3 is 0 Å². The molecule has 1 saturated heterocycles. The first-order valence-electron chi connectivity index (χ1n) is 7.79. The van der Waals surface area contributed by atoms with Gasteiger partial charge in [-0.3, -0.25) is 4.90 Å². The lowest BCUT2D eigenvalue weighted by Crippen LogP contribution is -2.50. The van der Waals surface area contributed by atoms with Crippen molar-refractivity contribution in [3.63, 3.8) is 0 Å². The van der Waals surface area contributed by atoms with Crippen LogP contribution in [0.4, 0.5) is 0 Å². The van der Waals surface area contributed by atoms with Crippen LogP contribution >= 0.6 is 0 Å². The van der Waals surface area contributed by atoms with Crippen LogP contribution < -0.4 is 5.32 Å². The number of hydrogen-bond donors (Lipinski definition) is 1. The van der Waals surface area contributed by atoms with Crippen molar-refractivity contribution in [2.24, 2.45) is 0 Å². The molecule has 1 rings (SSSR count). The van der Waals surface area contributed by atoms with Crippen LogP contribution in [0.5, 0.6) is 0 Å². The van der Waals surface area contributed by atoms with E-state index in [1.54, 1.807) is 0 Å². The summed E-state index contributed by atoms with van der Waals surface area (Å²) < 4.78 is 5.79. The standard InChI is InChI=1S/C15H32N2O/c1-5-9-14(16-4)15(6-2)17(7-3)12-13-10-8-11-18-13/h13-16H,5-12H2,1-4H3. The minimum atomic E-state index is 0.470. The molecule has 0 radical (unpaired) electrons. The third-order valence-electron chi connectivity index (χ3n) is 4.19. The van der Waals surface area contributed by atoms with E-state index in [1.165, 1.54) is 32.1 Å². The molecule has 0 aromatic heterocycles. The maximum atomic E-state index is 5.79. The third kappa shape index (κ3) is 4.52. The number of rotatable bonds is 9. The summed E-state index contributed by atoms with van der Waals surface area (Å²) in [5.41, 5.74) is 0. The number of nitrogens with one attached hydrogen (secondary N) is 1. The summed E-state index contributed by atoms with van der Waals surface area (Å²) >= 11 is 0. The molecule has 1 heterocycles. The zero-order chi connectivity index (χ0) is 13.4. The Morgan fingerprint density at radius 1 is 1.33 bits per heavy atom. The summed E-state index contributed by atoms with van der Waals surface area (Å²) in [5, 5.41) is 3.51. The molecule has 0 aromatic rings. The Labute approximate surface area is 113 Å². The smallest absolute Gasteiger partial charge is 0.0702 e. The van der Waals surface area contributed by atoms with Gasteiger partial charge in [0.05, 0.1) is 6.10 Å². The Balaban J connectivity index is 2.56. The fourth-order valence-electron chi connectivity index (χ4n) is 3.19. The van der Waals surface area contributed by atoms with Gasteiger partial charge in [-0.1, -0.05) is 27.2 Å². The van der Waals surface area contributed by atoms with E-state index in [9.17, 15) is 0 Å². The number of likely N-dealkylation sites (N-methyl/N-ethyl adjacent to an activating group) is 2. The van der Waals surface area contributed by atoms with Crippen LogP contribution in [0.3, 0.4) is 0 Å². The quantitative estimate of drug-likeness (QED) is 0.686. The third-order valence-corrected chi connectivity index (χ3v) is 4.19. The van der Waals surface area contributed by atoms with Crippen molar-refractivity contribution in [1.29, 1.82) is 0 Å². The van der Waals surface area contributed by atoms with Gasteiger partial charge in [0.15, 0.2) is 0 Å². The van der Waals surface area contributed by atoms with E-state index in [1.807, 2.05) is 0 Å². The highest BCUT2D eigenvalue weighted by Gasteiger charge is 2.27. The van der Waals surface area contributed by atoms with E-state index in [-0.39, 0.29) is 0 Å². The zero-order valence-corrected chi connectivity index (χ0v) is 12.7. The highest BCUT2D eigenvalue weighted by Crippen LogP contribution is 2.18. The van der Waals surface area contributed by atoms with E-state index in [0.29, 0.717) is 18.2 Å². The summed E-state index contributed by atoms with van der Waals surface area (Å²) in [6, 6.07) is 1.26. The van der Waals surface area contributed by atoms with E-state index in [4.69, 9.17) is 4.74 Å². The molecule has 1 aliphatic rings. The fraction of sp³-hybridized carbons (Fsp3) is 1.00. The Morgan fingerprint density at radius 2 is 2.11 bits per heavy atom. The molecule has 1 fully saturated rings. The molecule has 1 N–H and O–H groups in total. The van der Waals surface area contributed by atoms with Crippen molar-refractivity contribution in [1.82, 2.24) is 10.2 Å². The molecular formula is C15H32N2O. The molecule has 1 aliphatic heterocycles. The van der Waals surface area contributed by atoms with E-state index >= 15 is 0 Å². The molecule has 3 unspecified atom stereocenters. The Kier molecular flexibility index (Phi) is 7.87. The minimum Gasteiger partial charge on any atom is -0.377 e. The average molecular weight is 256 g/mol. The summed E-state index contributed by atoms with van der Waals surface area (Å²) in [6.07, 6.45) is 6.68. The van der Waals surface area contributed by atoms with Gasteiger partial charge in [-0.15, -0.1) is 0 Å². The molecular weight excluding hydrogens is 224 g/mol. The molecule has 0 amide bonds. The molecule has 0 aliphatic carbocycles. The predicted octanol–water partition coefficient (Wildman–Crippen LogP) is 2.65. The van der Waals surface area contributed by atoms with Crippen molar-refractivity contribution in [3.05, 3.63) is 0 Å². The van der Waals surface area contributed by atoms with Crippen LogP contribution in [0.1, 0.15) is 52.9 Å². The van der Waals surface area contributed by atoms with Crippen molar-refractivity contribution < 1.29 is 4.74 Å². The normalized spacial score (nSPS) is 23.5. The second-order valence-electron chi connectivity index (χ2n) is 5.38. The first-order chi connectivity index (χ1) is 8.76. The molecule has 108 valence electrons. The average Bonchev–Trinajstić information content (AvgIpc) is 2.89. The van der Waals surface area contributed by atoms with Crippen LogP contribution in [-0.4, -0.2) is 49.8 Å². The van der Waals surface area contributed by atoms with Gasteiger partial charge in [-0.2, -0.15) is 0 Å². The second kappa shape index (κ2) is 8.89. The van der Waals surface area contributed by atoms with Crippen molar-refractivity contribution >= 4 is 0 Å². The largest absolute Gasteiger partial charge is 0.377 e. The van der Waals surface area contributed by atoms with Gasteiger partial charge in [0, 0.05) is 25.2 Å². The van der Waals surface area contributed by atoms with E-state index < -0.39 is 0 Å². The van der Waals surface area contributed by atoms with Crippen LogP contribution in [0.15, 0.2) is 0 Å². The molecule has 0 saturated carbocycles. The molecule has 3 nitrogen and oxygen atoms in total. The lowest BCUT2D eigenvalue weighted by molar-refractivity contribution is 0.0493. The van der Waals surface area contributed by atoms with Crippen LogP contribution in [-0.2, 0) is 4.74 Å². The summed E-state index contributed by atoms with van der Waals surface area (Å²) in [7, 11) is 2.10. The first kappa shape index (κ1) is 15.9. The van der Waals surface area contributed by atoms with Gasteiger partial charge < -0.3 is 10.1 Å². The van der Waals surface area contributed by atoms with Crippen LogP contribution in [0.25, 0.3) is 0 Å². The summed E-state index contributed by atoms with van der Waals surface area (Å²) in [5.74, 6) is 0. The van der Waals surface area contributed by atoms with E-state index in [2.05, 4.69) is 38.0 Å². The van der Waals surface area contributed by atoms with Gasteiger partial charge in [0.25, 0.3) is 0 Å². The topological polar surface area (TPSA) is 24.5 Å². The van der Waals surface area contributed by atoms with Gasteiger partial charge in [0.2, 0.25) is 0 Å². The second-order valence-corrected chi connectivity index (χ2v) is 5.38. The fourth-order valence-corrected chi connectivity index (χ4v) is 3.19. The predicted molar refractivity (Wildman–Crippen MR) is 78.1 cm³/mol. The lowest BCUT2D eigenvalue weighted by atomic mass is 9.98. The van der Waals surface area contributed by atoms with Gasteiger partial charge in [0.1, 0.15) is 0 Å². The van der Waals surface area contributed by atoms with E-state index in [0.717, 1.165) is 19.7 Å². The molecule has 18 heavy (non-hydrogen) atoms. The van der Waals surface area contributed by atoms with Crippen molar-refractivity contribution in [2.75, 3.05) is 26.7 Å². The van der Waals surface area contributed by atoms with Gasteiger partial charge in [-0.05, 0) is 39.3 Å².